The number of nitrogens with one attached hydrogen (secondary N) is 1. The van der Waals surface area contributed by atoms with Gasteiger partial charge < -0.3 is 10.1 Å². The fraction of sp³-hybridized carbons (Fsp3) is 0.300. The van der Waals surface area contributed by atoms with Gasteiger partial charge in [0.2, 0.25) is 0 Å². The van der Waals surface area contributed by atoms with Gasteiger partial charge in [0.15, 0.2) is 0 Å². The van der Waals surface area contributed by atoms with Crippen LogP contribution in [0.1, 0.15) is 17.2 Å². The van der Waals surface area contributed by atoms with Crippen LogP contribution in [-0.4, -0.2) is 12.7 Å². The molecule has 0 aromatic heterocycles. The molecule has 1 N–H and O–H groups in total. The highest BCUT2D eigenvalue weighted by molar-refractivity contribution is 6.31. The Balaban J connectivity index is 2.24. The van der Waals surface area contributed by atoms with E-state index in [9.17, 15) is 4.79 Å². The number of carbonyl (C=O) groups excluding carboxylic acids is 1. The topological polar surface area (TPSA) is 38.3 Å². The highest BCUT2D eigenvalue weighted by atomic mass is 35.5. The molecule has 1 aliphatic heterocycles. The van der Waals surface area contributed by atoms with Crippen molar-refractivity contribution in [2.24, 2.45) is 0 Å². The van der Waals surface area contributed by atoms with Crippen molar-refractivity contribution < 1.29 is 9.53 Å². The lowest BCUT2D eigenvalue weighted by Gasteiger charge is -2.08. The molecule has 3 nitrogen and oxygen atoms in total. The summed E-state index contributed by atoms with van der Waals surface area (Å²) in [4.78, 5) is 10.8. The molecule has 0 unspecified atom stereocenters. The van der Waals surface area contributed by atoms with Crippen molar-refractivity contribution in [3.8, 4) is 0 Å². The molecule has 0 saturated carbocycles. The number of alkyl carbamates (subject to hydrolysis) is 1. The molecule has 1 fully saturated rings. The molecule has 14 heavy (non-hydrogen) atoms. The molecule has 0 radical (unpaired) electrons. The summed E-state index contributed by atoms with van der Waals surface area (Å²) in [5.74, 6) is 0. The first-order valence-electron chi connectivity index (χ1n) is 4.36. The number of benzene rings is 1. The minimum atomic E-state index is -0.369. The largest absolute Gasteiger partial charge is 0.447 e. The monoisotopic (exact) mass is 211 g/mol. The van der Waals surface area contributed by atoms with Gasteiger partial charge in [0.05, 0.1) is 6.04 Å². The number of hydrogen-bond donors (Lipinski definition) is 1. The first kappa shape index (κ1) is 9.34. The van der Waals surface area contributed by atoms with Crippen molar-refractivity contribution in [3.05, 3.63) is 34.3 Å². The van der Waals surface area contributed by atoms with Gasteiger partial charge in [-0.25, -0.2) is 4.79 Å². The predicted molar refractivity (Wildman–Crippen MR) is 53.4 cm³/mol. The summed E-state index contributed by atoms with van der Waals surface area (Å²) in [6, 6.07) is 5.67. The lowest BCUT2D eigenvalue weighted by Crippen LogP contribution is -2.18. The third-order valence-corrected chi connectivity index (χ3v) is 2.68. The van der Waals surface area contributed by atoms with Crippen LogP contribution < -0.4 is 5.32 Å². The van der Waals surface area contributed by atoms with Crippen LogP contribution in [0.4, 0.5) is 4.79 Å². The summed E-state index contributed by atoms with van der Waals surface area (Å²) < 4.78 is 4.80. The number of halogens is 1. The van der Waals surface area contributed by atoms with Gasteiger partial charge in [-0.2, -0.15) is 0 Å². The third-order valence-electron chi connectivity index (χ3n) is 2.27. The van der Waals surface area contributed by atoms with Gasteiger partial charge >= 0.3 is 6.09 Å². The predicted octanol–water partition coefficient (Wildman–Crippen LogP) is 2.43. The number of carbonyl (C=O) groups is 1. The number of ether oxygens (including phenoxy) is 1. The Morgan fingerprint density at radius 3 is 2.93 bits per heavy atom. The summed E-state index contributed by atoms with van der Waals surface area (Å²) >= 11 is 5.98. The third kappa shape index (κ3) is 1.68. The van der Waals surface area contributed by atoms with Gasteiger partial charge in [-0.05, 0) is 24.1 Å². The first-order chi connectivity index (χ1) is 6.66. The van der Waals surface area contributed by atoms with Crippen molar-refractivity contribution >= 4 is 17.7 Å². The second-order valence-corrected chi connectivity index (χ2v) is 3.71. The lowest BCUT2D eigenvalue weighted by molar-refractivity contribution is 0.177. The standard InChI is InChI=1S/C10H10ClNO2/c1-6-2-3-7(4-8(6)11)9-5-14-10(13)12-9/h2-4,9H,5H2,1H3,(H,12,13)/t9-/m1/s1. The average molecular weight is 212 g/mol. The highest BCUT2D eigenvalue weighted by Crippen LogP contribution is 2.23. The van der Waals surface area contributed by atoms with E-state index in [-0.39, 0.29) is 12.1 Å². The van der Waals surface area contributed by atoms with E-state index >= 15 is 0 Å². The van der Waals surface area contributed by atoms with E-state index in [0.29, 0.717) is 11.6 Å². The van der Waals surface area contributed by atoms with Gasteiger partial charge in [-0.3, -0.25) is 0 Å². The van der Waals surface area contributed by atoms with Crippen LogP contribution in [-0.2, 0) is 4.74 Å². The fourth-order valence-corrected chi connectivity index (χ4v) is 1.58. The molecule has 1 atom stereocenters. The summed E-state index contributed by atoms with van der Waals surface area (Å²) in [5.41, 5.74) is 2.01. The van der Waals surface area contributed by atoms with Gasteiger partial charge in [0, 0.05) is 5.02 Å². The van der Waals surface area contributed by atoms with Crippen molar-refractivity contribution in [3.63, 3.8) is 0 Å². The Morgan fingerprint density at radius 1 is 1.57 bits per heavy atom. The maximum atomic E-state index is 10.8. The number of aryl methyl sites for hydroxylation is 1. The van der Waals surface area contributed by atoms with E-state index in [1.807, 2.05) is 25.1 Å². The van der Waals surface area contributed by atoms with E-state index < -0.39 is 0 Å². The van der Waals surface area contributed by atoms with Crippen molar-refractivity contribution in [1.82, 2.24) is 5.32 Å². The summed E-state index contributed by atoms with van der Waals surface area (Å²) in [6.45, 7) is 2.31. The van der Waals surface area contributed by atoms with E-state index in [4.69, 9.17) is 16.3 Å². The molecule has 4 heteroatoms. The van der Waals surface area contributed by atoms with E-state index in [2.05, 4.69) is 5.32 Å². The smallest absolute Gasteiger partial charge is 0.407 e. The second-order valence-electron chi connectivity index (χ2n) is 3.30. The molecule has 1 heterocycles. The Bertz CT molecular complexity index is 378. The molecule has 1 aromatic rings. The van der Waals surface area contributed by atoms with E-state index in [1.54, 1.807) is 0 Å². The summed E-state index contributed by atoms with van der Waals surface area (Å²) in [7, 11) is 0. The minimum Gasteiger partial charge on any atom is -0.447 e. The lowest BCUT2D eigenvalue weighted by atomic mass is 10.1. The van der Waals surface area contributed by atoms with Crippen molar-refractivity contribution in [2.75, 3.05) is 6.61 Å². The molecule has 0 spiro atoms. The van der Waals surface area contributed by atoms with Crippen LogP contribution in [0, 0.1) is 6.92 Å². The Kier molecular flexibility index (Phi) is 2.33. The molecule has 1 aromatic carbocycles. The zero-order chi connectivity index (χ0) is 10.1. The first-order valence-corrected chi connectivity index (χ1v) is 4.74. The number of amides is 1. The van der Waals surface area contributed by atoms with Gasteiger partial charge in [0.25, 0.3) is 0 Å². The normalized spacial score (nSPS) is 20.4. The van der Waals surface area contributed by atoms with Crippen molar-refractivity contribution in [1.29, 1.82) is 0 Å². The molecule has 1 aliphatic rings. The fourth-order valence-electron chi connectivity index (χ4n) is 1.39. The SMILES string of the molecule is Cc1ccc([C@H]2COC(=O)N2)cc1Cl. The molecule has 74 valence electrons. The van der Waals surface area contributed by atoms with E-state index in [0.717, 1.165) is 11.1 Å². The van der Waals surface area contributed by atoms with Crippen molar-refractivity contribution in [2.45, 2.75) is 13.0 Å². The molecule has 0 aliphatic carbocycles. The van der Waals surface area contributed by atoms with Crippen LogP contribution in [0.3, 0.4) is 0 Å². The molecular formula is C10H10ClNO2. The summed E-state index contributed by atoms with van der Waals surface area (Å²) in [5, 5.41) is 3.41. The quantitative estimate of drug-likeness (QED) is 0.775. The van der Waals surface area contributed by atoms with Gasteiger partial charge in [0.1, 0.15) is 6.61 Å². The summed E-state index contributed by atoms with van der Waals surface area (Å²) in [6.07, 6.45) is -0.369. The van der Waals surface area contributed by atoms with Crippen LogP contribution in [0.5, 0.6) is 0 Å². The molecular weight excluding hydrogens is 202 g/mol. The zero-order valence-electron chi connectivity index (χ0n) is 7.71. The Hall–Kier alpha value is -1.22. The van der Waals surface area contributed by atoms with Crippen LogP contribution in [0.25, 0.3) is 0 Å². The zero-order valence-corrected chi connectivity index (χ0v) is 8.47. The second kappa shape index (κ2) is 3.50. The maximum absolute atomic E-state index is 10.8. The van der Waals surface area contributed by atoms with Gasteiger partial charge in [-0.1, -0.05) is 23.7 Å². The average Bonchev–Trinajstić information content (AvgIpc) is 2.57. The number of hydrogen-bond acceptors (Lipinski definition) is 2. The van der Waals surface area contributed by atoms with Crippen LogP contribution >= 0.6 is 11.6 Å². The van der Waals surface area contributed by atoms with Gasteiger partial charge in [-0.15, -0.1) is 0 Å². The number of cyclic esters (lactones) is 1. The van der Waals surface area contributed by atoms with Crippen LogP contribution in [0.15, 0.2) is 18.2 Å². The molecule has 0 bridgehead atoms. The Labute approximate surface area is 87.0 Å². The molecule has 1 saturated heterocycles. The minimum absolute atomic E-state index is 0.0689. The Morgan fingerprint density at radius 2 is 2.36 bits per heavy atom. The van der Waals surface area contributed by atoms with E-state index in [1.165, 1.54) is 0 Å². The van der Waals surface area contributed by atoms with Crippen LogP contribution in [0.2, 0.25) is 5.02 Å². The molecule has 2 rings (SSSR count). The highest BCUT2D eigenvalue weighted by Gasteiger charge is 2.23. The maximum Gasteiger partial charge on any atom is 0.407 e. The number of rotatable bonds is 1. The molecule has 1 amide bonds.